The van der Waals surface area contributed by atoms with Crippen LogP contribution in [0.15, 0.2) is 36.1 Å². The Bertz CT molecular complexity index is 352. The van der Waals surface area contributed by atoms with Crippen LogP contribution in [-0.4, -0.2) is 0 Å². The minimum Gasteiger partial charge on any atom is -0.465 e. The Labute approximate surface area is 91.8 Å². The summed E-state index contributed by atoms with van der Waals surface area (Å²) in [4.78, 5) is 0. The maximum Gasteiger partial charge on any atom is 0.130 e. The van der Waals surface area contributed by atoms with Gasteiger partial charge in [-0.15, -0.1) is 0 Å². The molecule has 1 aliphatic heterocycles. The van der Waals surface area contributed by atoms with E-state index >= 15 is 0 Å². The first-order valence-corrected chi connectivity index (χ1v) is 5.82. The third-order valence-electron chi connectivity index (χ3n) is 2.84. The third kappa shape index (κ3) is 2.62. The number of hydrogen-bond donors (Lipinski definition) is 0. The summed E-state index contributed by atoms with van der Waals surface area (Å²) in [7, 11) is 0. The van der Waals surface area contributed by atoms with Crippen molar-refractivity contribution < 1.29 is 4.74 Å². The first kappa shape index (κ1) is 10.3. The molecule has 1 heteroatoms. The fraction of sp³-hybridized carbons (Fsp3) is 0.429. The molecule has 0 unspecified atom stereocenters. The molecule has 0 saturated carbocycles. The zero-order valence-corrected chi connectivity index (χ0v) is 9.33. The first-order chi connectivity index (χ1) is 7.40. The highest BCUT2D eigenvalue weighted by Gasteiger charge is 2.10. The van der Waals surface area contributed by atoms with Crippen LogP contribution in [0.1, 0.15) is 38.2 Å². The second kappa shape index (κ2) is 5.01. The summed E-state index contributed by atoms with van der Waals surface area (Å²) in [5.41, 5.74) is 2.76. The molecule has 0 fully saturated rings. The number of hydrogen-bond acceptors (Lipinski definition) is 1. The van der Waals surface area contributed by atoms with E-state index in [1.54, 1.807) is 0 Å². The van der Waals surface area contributed by atoms with Crippen molar-refractivity contribution in [2.45, 2.75) is 39.0 Å². The van der Waals surface area contributed by atoms with Gasteiger partial charge in [0.25, 0.3) is 0 Å². The Hall–Kier alpha value is -1.24. The summed E-state index contributed by atoms with van der Waals surface area (Å²) in [5, 5.41) is 0. The van der Waals surface area contributed by atoms with Crippen LogP contribution >= 0.6 is 0 Å². The van der Waals surface area contributed by atoms with Crippen molar-refractivity contribution in [3.05, 3.63) is 41.7 Å². The van der Waals surface area contributed by atoms with Crippen LogP contribution in [0, 0.1) is 0 Å². The molecule has 2 rings (SSSR count). The third-order valence-corrected chi connectivity index (χ3v) is 2.84. The maximum atomic E-state index is 5.60. The lowest BCUT2D eigenvalue weighted by Gasteiger charge is -2.16. The van der Waals surface area contributed by atoms with Gasteiger partial charge in [-0.05, 0) is 30.0 Å². The lowest BCUT2D eigenvalue weighted by Crippen LogP contribution is -2.02. The number of rotatable bonds is 4. The van der Waals surface area contributed by atoms with E-state index in [2.05, 4.69) is 19.1 Å². The molecule has 0 spiro atoms. The monoisotopic (exact) mass is 202 g/mol. The van der Waals surface area contributed by atoms with Crippen molar-refractivity contribution >= 4 is 0 Å². The van der Waals surface area contributed by atoms with E-state index in [0.29, 0.717) is 0 Å². The van der Waals surface area contributed by atoms with E-state index in [-0.39, 0.29) is 0 Å². The van der Waals surface area contributed by atoms with E-state index in [0.717, 1.165) is 12.2 Å². The maximum absolute atomic E-state index is 5.60. The molecule has 80 valence electrons. The van der Waals surface area contributed by atoms with Crippen molar-refractivity contribution in [2.75, 3.05) is 0 Å². The Morgan fingerprint density at radius 1 is 1.20 bits per heavy atom. The zero-order valence-electron chi connectivity index (χ0n) is 9.33. The smallest absolute Gasteiger partial charge is 0.130 e. The van der Waals surface area contributed by atoms with Gasteiger partial charge >= 0.3 is 0 Å². The summed E-state index contributed by atoms with van der Waals surface area (Å²) in [6.07, 6.45) is 8.08. The predicted molar refractivity (Wildman–Crippen MR) is 63.0 cm³/mol. The second-order valence-electron chi connectivity index (χ2n) is 4.14. The Morgan fingerprint density at radius 2 is 2.07 bits per heavy atom. The number of fused-ring (bicyclic) bond motifs is 1. The molecule has 15 heavy (non-hydrogen) atoms. The number of para-hydroxylation sites is 1. The molecular formula is C14H18O. The molecule has 1 aromatic rings. The summed E-state index contributed by atoms with van der Waals surface area (Å²) >= 11 is 0. The molecule has 0 radical (unpaired) electrons. The minimum absolute atomic E-state index is 1.02. The molecule has 1 nitrogen and oxygen atoms in total. The van der Waals surface area contributed by atoms with Crippen molar-refractivity contribution in [3.63, 3.8) is 0 Å². The lowest BCUT2D eigenvalue weighted by atomic mass is 9.99. The van der Waals surface area contributed by atoms with Crippen LogP contribution in [0.5, 0.6) is 5.75 Å². The topological polar surface area (TPSA) is 9.23 Å². The number of ether oxygens (including phenoxy) is 1. The van der Waals surface area contributed by atoms with Crippen molar-refractivity contribution in [3.8, 4) is 5.75 Å². The summed E-state index contributed by atoms with van der Waals surface area (Å²) in [6.45, 7) is 2.24. The van der Waals surface area contributed by atoms with Gasteiger partial charge in [0.05, 0.1) is 6.26 Å². The standard InChI is InChI=1S/C14H18O/c1-2-3-4-7-12-10-13-8-5-6-9-14(13)15-11-12/h5-6,8-9,11H,2-4,7,10H2,1H3. The van der Waals surface area contributed by atoms with Gasteiger partial charge in [0.1, 0.15) is 5.75 Å². The molecule has 1 heterocycles. The molecule has 0 aromatic heterocycles. The van der Waals surface area contributed by atoms with Gasteiger partial charge in [0, 0.05) is 6.42 Å². The van der Waals surface area contributed by atoms with Gasteiger partial charge < -0.3 is 4.74 Å². The predicted octanol–water partition coefficient (Wildman–Crippen LogP) is 4.09. The number of benzene rings is 1. The van der Waals surface area contributed by atoms with Crippen LogP contribution in [0.25, 0.3) is 0 Å². The SMILES string of the molecule is CCCCCC1=COc2ccccc2C1. The normalized spacial score (nSPS) is 14.1. The Kier molecular flexibility index (Phi) is 3.44. The minimum atomic E-state index is 1.02. The van der Waals surface area contributed by atoms with Gasteiger partial charge in [-0.25, -0.2) is 0 Å². The molecule has 1 aliphatic rings. The highest BCUT2D eigenvalue weighted by atomic mass is 16.5. The van der Waals surface area contributed by atoms with E-state index in [9.17, 15) is 0 Å². The van der Waals surface area contributed by atoms with Crippen LogP contribution < -0.4 is 4.74 Å². The average molecular weight is 202 g/mol. The van der Waals surface area contributed by atoms with Crippen LogP contribution in [0.4, 0.5) is 0 Å². The van der Waals surface area contributed by atoms with Crippen LogP contribution in [0.2, 0.25) is 0 Å². The first-order valence-electron chi connectivity index (χ1n) is 5.82. The van der Waals surface area contributed by atoms with Crippen molar-refractivity contribution in [1.82, 2.24) is 0 Å². The second-order valence-corrected chi connectivity index (χ2v) is 4.14. The molecule has 0 saturated heterocycles. The van der Waals surface area contributed by atoms with Gasteiger partial charge in [-0.2, -0.15) is 0 Å². The van der Waals surface area contributed by atoms with Crippen LogP contribution in [-0.2, 0) is 6.42 Å². The Balaban J connectivity index is 1.94. The fourth-order valence-electron chi connectivity index (χ4n) is 1.95. The highest BCUT2D eigenvalue weighted by molar-refractivity contribution is 5.39. The van der Waals surface area contributed by atoms with Gasteiger partial charge in [-0.3, -0.25) is 0 Å². The average Bonchev–Trinajstić information content (AvgIpc) is 2.29. The largest absolute Gasteiger partial charge is 0.465 e. The van der Waals surface area contributed by atoms with E-state index in [1.165, 1.54) is 36.8 Å². The highest BCUT2D eigenvalue weighted by Crippen LogP contribution is 2.27. The van der Waals surface area contributed by atoms with Gasteiger partial charge in [0.2, 0.25) is 0 Å². The van der Waals surface area contributed by atoms with E-state index < -0.39 is 0 Å². The fourth-order valence-corrected chi connectivity index (χ4v) is 1.95. The molecule has 0 atom stereocenters. The van der Waals surface area contributed by atoms with Gasteiger partial charge in [0.15, 0.2) is 0 Å². The summed E-state index contributed by atoms with van der Waals surface area (Å²) in [5.74, 6) is 1.02. The zero-order chi connectivity index (χ0) is 10.5. The molecule has 0 aliphatic carbocycles. The number of allylic oxidation sites excluding steroid dienone is 1. The molecule has 0 N–H and O–H groups in total. The lowest BCUT2D eigenvalue weighted by molar-refractivity contribution is 0.451. The van der Waals surface area contributed by atoms with Gasteiger partial charge in [-0.1, -0.05) is 38.0 Å². The molecule has 1 aromatic carbocycles. The van der Waals surface area contributed by atoms with Crippen molar-refractivity contribution in [2.24, 2.45) is 0 Å². The quantitative estimate of drug-likeness (QED) is 0.668. The Morgan fingerprint density at radius 3 is 2.93 bits per heavy atom. The van der Waals surface area contributed by atoms with E-state index in [4.69, 9.17) is 4.74 Å². The summed E-state index contributed by atoms with van der Waals surface area (Å²) in [6, 6.07) is 8.29. The molecular weight excluding hydrogens is 184 g/mol. The van der Waals surface area contributed by atoms with Crippen molar-refractivity contribution in [1.29, 1.82) is 0 Å². The number of unbranched alkanes of at least 4 members (excludes halogenated alkanes) is 2. The summed E-state index contributed by atoms with van der Waals surface area (Å²) < 4.78 is 5.60. The molecule has 0 amide bonds. The van der Waals surface area contributed by atoms with Crippen LogP contribution in [0.3, 0.4) is 0 Å². The molecule has 0 bridgehead atoms. The van der Waals surface area contributed by atoms with E-state index in [1.807, 2.05) is 18.4 Å².